The van der Waals surface area contributed by atoms with Gasteiger partial charge in [0, 0.05) is 0 Å². The van der Waals surface area contributed by atoms with Gasteiger partial charge in [-0.25, -0.2) is 0 Å². The van der Waals surface area contributed by atoms with Gasteiger partial charge < -0.3 is 9.73 Å². The fourth-order valence-electron chi connectivity index (χ4n) is 1.84. The van der Waals surface area contributed by atoms with Crippen LogP contribution in [0.2, 0.25) is 0 Å². The molecule has 0 aliphatic heterocycles. The fourth-order valence-corrected chi connectivity index (χ4v) is 1.84. The second-order valence-electron chi connectivity index (χ2n) is 4.87. The van der Waals surface area contributed by atoms with Crippen LogP contribution in [0.4, 0.5) is 0 Å². The Hall–Kier alpha value is -1.68. The monoisotopic (exact) mass is 259 g/mol. The van der Waals surface area contributed by atoms with Gasteiger partial charge in [-0.3, -0.25) is 0 Å². The molecule has 0 radical (unpaired) electrons. The van der Waals surface area contributed by atoms with E-state index in [1.165, 1.54) is 11.1 Å². The average molecular weight is 259 g/mol. The molecule has 1 unspecified atom stereocenters. The first kappa shape index (κ1) is 13.7. The predicted octanol–water partition coefficient (Wildman–Crippen LogP) is 3.03. The third kappa shape index (κ3) is 3.89. The topological polar surface area (TPSA) is 51.0 Å². The highest BCUT2D eigenvalue weighted by Crippen LogP contribution is 2.14. The van der Waals surface area contributed by atoms with Gasteiger partial charge in [-0.2, -0.15) is 0 Å². The molecule has 2 aromatic rings. The highest BCUT2D eigenvalue weighted by molar-refractivity contribution is 5.23. The Morgan fingerprint density at radius 3 is 2.63 bits per heavy atom. The molecule has 102 valence electrons. The molecule has 0 aliphatic carbocycles. The molecule has 0 fully saturated rings. The quantitative estimate of drug-likeness (QED) is 0.866. The molecule has 1 N–H and O–H groups in total. The summed E-state index contributed by atoms with van der Waals surface area (Å²) in [4.78, 5) is 0. The molecular formula is C15H21N3O. The van der Waals surface area contributed by atoms with Crippen LogP contribution in [0.25, 0.3) is 0 Å². The summed E-state index contributed by atoms with van der Waals surface area (Å²) in [5.41, 5.74) is 2.45. The van der Waals surface area contributed by atoms with Gasteiger partial charge in [0.25, 0.3) is 0 Å². The minimum atomic E-state index is 0.110. The lowest BCUT2D eigenvalue weighted by atomic mass is 10.1. The molecular weight excluding hydrogens is 238 g/mol. The van der Waals surface area contributed by atoms with E-state index in [0.29, 0.717) is 18.2 Å². The van der Waals surface area contributed by atoms with Crippen LogP contribution >= 0.6 is 0 Å². The zero-order chi connectivity index (χ0) is 13.7. The summed E-state index contributed by atoms with van der Waals surface area (Å²) < 4.78 is 5.69. The highest BCUT2D eigenvalue weighted by atomic mass is 16.4. The number of nitrogens with zero attached hydrogens (tertiary/aromatic N) is 2. The molecule has 4 heteroatoms. The van der Waals surface area contributed by atoms with Gasteiger partial charge >= 0.3 is 0 Å². The maximum Gasteiger partial charge on any atom is 0.233 e. The number of rotatable bonds is 6. The van der Waals surface area contributed by atoms with Crippen molar-refractivity contribution in [3.05, 3.63) is 47.2 Å². The second-order valence-corrected chi connectivity index (χ2v) is 4.87. The first-order valence-corrected chi connectivity index (χ1v) is 6.80. The van der Waals surface area contributed by atoms with Crippen molar-refractivity contribution in [1.29, 1.82) is 0 Å². The number of hydrogen-bond donors (Lipinski definition) is 1. The molecule has 0 bridgehead atoms. The van der Waals surface area contributed by atoms with Crippen LogP contribution < -0.4 is 5.32 Å². The summed E-state index contributed by atoms with van der Waals surface area (Å²) in [6.45, 7) is 7.21. The van der Waals surface area contributed by atoms with Crippen molar-refractivity contribution >= 4 is 0 Å². The predicted molar refractivity (Wildman–Crippen MR) is 75.0 cm³/mol. The van der Waals surface area contributed by atoms with Gasteiger partial charge in [-0.15, -0.1) is 10.2 Å². The van der Waals surface area contributed by atoms with Crippen LogP contribution in [0.5, 0.6) is 0 Å². The van der Waals surface area contributed by atoms with Crippen LogP contribution in [0.3, 0.4) is 0 Å². The molecule has 1 heterocycles. The lowest BCUT2D eigenvalue weighted by Crippen LogP contribution is -2.19. The molecule has 2 rings (SSSR count). The van der Waals surface area contributed by atoms with E-state index in [0.717, 1.165) is 13.0 Å². The van der Waals surface area contributed by atoms with E-state index in [-0.39, 0.29) is 6.04 Å². The Morgan fingerprint density at radius 2 is 1.95 bits per heavy atom. The first-order valence-electron chi connectivity index (χ1n) is 6.80. The maximum absolute atomic E-state index is 5.69. The van der Waals surface area contributed by atoms with Crippen LogP contribution in [0.1, 0.15) is 49.2 Å². The number of nitrogens with one attached hydrogen (secondary N) is 1. The van der Waals surface area contributed by atoms with Crippen LogP contribution in [0, 0.1) is 6.92 Å². The lowest BCUT2D eigenvalue weighted by molar-refractivity contribution is 0.397. The molecule has 19 heavy (non-hydrogen) atoms. The molecule has 0 saturated heterocycles. The van der Waals surface area contributed by atoms with Crippen molar-refractivity contribution in [3.8, 4) is 0 Å². The minimum absolute atomic E-state index is 0.110. The summed E-state index contributed by atoms with van der Waals surface area (Å²) in [6.07, 6.45) is 1.78. The lowest BCUT2D eigenvalue weighted by Gasteiger charge is -2.07. The van der Waals surface area contributed by atoms with Crippen molar-refractivity contribution in [2.45, 2.75) is 39.7 Å². The van der Waals surface area contributed by atoms with Crippen molar-refractivity contribution in [2.75, 3.05) is 6.54 Å². The zero-order valence-corrected chi connectivity index (χ0v) is 11.8. The zero-order valence-electron chi connectivity index (χ0n) is 11.8. The van der Waals surface area contributed by atoms with E-state index < -0.39 is 0 Å². The second kappa shape index (κ2) is 6.48. The third-order valence-corrected chi connectivity index (χ3v) is 3.03. The molecule has 1 aromatic carbocycles. The largest absolute Gasteiger partial charge is 0.423 e. The van der Waals surface area contributed by atoms with Crippen LogP contribution in [-0.4, -0.2) is 16.7 Å². The number of benzene rings is 1. The van der Waals surface area contributed by atoms with E-state index in [1.54, 1.807) is 0 Å². The van der Waals surface area contributed by atoms with Crippen molar-refractivity contribution in [1.82, 2.24) is 15.5 Å². The van der Waals surface area contributed by atoms with Gasteiger partial charge in [0.15, 0.2) is 0 Å². The van der Waals surface area contributed by atoms with E-state index in [4.69, 9.17) is 4.42 Å². The Bertz CT molecular complexity index is 504. The molecule has 0 saturated carbocycles. The summed E-state index contributed by atoms with van der Waals surface area (Å²) >= 11 is 0. The first-order chi connectivity index (χ1) is 9.19. The van der Waals surface area contributed by atoms with Crippen LogP contribution in [-0.2, 0) is 6.42 Å². The summed E-state index contributed by atoms with van der Waals surface area (Å²) in [7, 11) is 0. The van der Waals surface area contributed by atoms with E-state index in [1.807, 2.05) is 6.92 Å². The van der Waals surface area contributed by atoms with Gasteiger partial charge in [-0.05, 0) is 32.4 Å². The van der Waals surface area contributed by atoms with Gasteiger partial charge in [-0.1, -0.05) is 36.8 Å². The van der Waals surface area contributed by atoms with Crippen LogP contribution in [0.15, 0.2) is 28.7 Å². The Balaban J connectivity index is 1.98. The summed E-state index contributed by atoms with van der Waals surface area (Å²) in [5.74, 6) is 1.33. The maximum atomic E-state index is 5.69. The summed E-state index contributed by atoms with van der Waals surface area (Å²) in [5, 5.41) is 11.5. The van der Waals surface area contributed by atoms with Crippen molar-refractivity contribution in [3.63, 3.8) is 0 Å². The van der Waals surface area contributed by atoms with E-state index in [2.05, 4.69) is 53.6 Å². The molecule has 4 nitrogen and oxygen atoms in total. The Labute approximate surface area is 114 Å². The normalized spacial score (nSPS) is 12.6. The average Bonchev–Trinajstić information content (AvgIpc) is 2.87. The van der Waals surface area contributed by atoms with Crippen molar-refractivity contribution in [2.24, 2.45) is 0 Å². The van der Waals surface area contributed by atoms with Gasteiger partial charge in [0.1, 0.15) is 0 Å². The molecule has 0 spiro atoms. The molecule has 0 aliphatic rings. The summed E-state index contributed by atoms with van der Waals surface area (Å²) in [6, 6.07) is 8.49. The van der Waals surface area contributed by atoms with E-state index >= 15 is 0 Å². The Kier molecular flexibility index (Phi) is 4.68. The number of hydrogen-bond acceptors (Lipinski definition) is 4. The number of aromatic nitrogens is 2. The smallest absolute Gasteiger partial charge is 0.233 e. The Morgan fingerprint density at radius 1 is 1.21 bits per heavy atom. The molecule has 1 atom stereocenters. The molecule has 1 aromatic heterocycles. The van der Waals surface area contributed by atoms with Crippen molar-refractivity contribution < 1.29 is 4.42 Å². The van der Waals surface area contributed by atoms with Gasteiger partial charge in [0.2, 0.25) is 11.8 Å². The molecule has 0 amide bonds. The highest BCUT2D eigenvalue weighted by Gasteiger charge is 2.13. The standard InChI is InChI=1S/C15H21N3O/c1-4-9-16-12(3)15-18-17-14(19-15)10-13-7-5-11(2)6-8-13/h5-8,12,16H,4,9-10H2,1-3H3. The van der Waals surface area contributed by atoms with Gasteiger partial charge in [0.05, 0.1) is 12.5 Å². The van der Waals surface area contributed by atoms with E-state index in [9.17, 15) is 0 Å². The SMILES string of the molecule is CCCNC(C)c1nnc(Cc2ccc(C)cc2)o1. The minimum Gasteiger partial charge on any atom is -0.423 e. The number of aryl methyl sites for hydroxylation is 1. The fraction of sp³-hybridized carbons (Fsp3) is 0.467. The third-order valence-electron chi connectivity index (χ3n) is 3.03.